The molecule has 6 nitrogen and oxygen atoms in total. The molecule has 3 heterocycles. The van der Waals surface area contributed by atoms with E-state index in [9.17, 15) is 9.59 Å². The molecule has 0 aromatic carbocycles. The van der Waals surface area contributed by atoms with Gasteiger partial charge in [0.25, 0.3) is 0 Å². The minimum absolute atomic E-state index is 0.0401. The van der Waals surface area contributed by atoms with Crippen LogP contribution in [0.2, 0.25) is 0 Å². The van der Waals surface area contributed by atoms with Crippen LogP contribution in [-0.4, -0.2) is 52.5 Å². The SMILES string of the molecule is CNC(=O)C[C@@H]1OC(C)(C)C[C@]12CCCN2C(=O)CCc1cccnc1. The number of carbonyl (C=O) groups excluding carboxylic acids is 2. The average Bonchev–Trinajstić information content (AvgIpc) is 3.14. The number of aryl methyl sites for hydroxylation is 1. The normalized spacial score (nSPS) is 27.0. The number of ether oxygens (including phenoxy) is 1. The Bertz CT molecular complexity index is 662. The van der Waals surface area contributed by atoms with Crippen molar-refractivity contribution in [3.05, 3.63) is 30.1 Å². The molecule has 0 radical (unpaired) electrons. The number of carbonyl (C=O) groups is 2. The van der Waals surface area contributed by atoms with Gasteiger partial charge >= 0.3 is 0 Å². The van der Waals surface area contributed by atoms with Crippen LogP contribution >= 0.6 is 0 Å². The number of likely N-dealkylation sites (tertiary alicyclic amines) is 1. The number of aromatic nitrogens is 1. The van der Waals surface area contributed by atoms with Crippen LogP contribution in [0.1, 0.15) is 51.5 Å². The van der Waals surface area contributed by atoms with Gasteiger partial charge in [-0.05, 0) is 44.7 Å². The monoisotopic (exact) mass is 359 g/mol. The molecule has 1 aromatic heterocycles. The molecule has 2 aliphatic heterocycles. The summed E-state index contributed by atoms with van der Waals surface area (Å²) in [6.45, 7) is 4.85. The molecular formula is C20H29N3O3. The zero-order chi connectivity index (χ0) is 18.8. The van der Waals surface area contributed by atoms with E-state index in [2.05, 4.69) is 24.1 Å². The molecule has 2 atom stereocenters. The largest absolute Gasteiger partial charge is 0.369 e. The van der Waals surface area contributed by atoms with E-state index in [0.29, 0.717) is 19.3 Å². The third-order valence-electron chi connectivity index (χ3n) is 5.62. The second-order valence-electron chi connectivity index (χ2n) is 8.03. The Hall–Kier alpha value is -1.95. The summed E-state index contributed by atoms with van der Waals surface area (Å²) in [5.74, 6) is 0.108. The molecular weight excluding hydrogens is 330 g/mol. The predicted molar refractivity (Wildman–Crippen MR) is 98.5 cm³/mol. The molecule has 2 fully saturated rings. The van der Waals surface area contributed by atoms with Crippen LogP contribution in [0, 0.1) is 0 Å². The molecule has 0 aliphatic carbocycles. The second kappa shape index (κ2) is 7.35. The predicted octanol–water partition coefficient (Wildman–Crippen LogP) is 2.08. The summed E-state index contributed by atoms with van der Waals surface area (Å²) in [4.78, 5) is 31.2. The van der Waals surface area contributed by atoms with E-state index in [4.69, 9.17) is 4.74 Å². The molecule has 2 saturated heterocycles. The molecule has 1 aromatic rings. The summed E-state index contributed by atoms with van der Waals surface area (Å²) >= 11 is 0. The molecule has 1 N–H and O–H groups in total. The van der Waals surface area contributed by atoms with E-state index < -0.39 is 0 Å². The molecule has 26 heavy (non-hydrogen) atoms. The van der Waals surface area contributed by atoms with E-state index in [1.54, 1.807) is 13.2 Å². The molecule has 6 heteroatoms. The van der Waals surface area contributed by atoms with Crippen LogP contribution in [0.4, 0.5) is 0 Å². The van der Waals surface area contributed by atoms with Gasteiger partial charge in [0, 0.05) is 38.8 Å². The summed E-state index contributed by atoms with van der Waals surface area (Å²) in [7, 11) is 1.64. The standard InChI is InChI=1S/C20H29N3O3/c1-19(2)14-20(16(26-19)12-17(24)21-3)9-5-11-23(20)18(25)8-7-15-6-4-10-22-13-15/h4,6,10,13,16H,5,7-9,11-12,14H2,1-3H3,(H,21,24)/t16-,20+/m0/s1. The smallest absolute Gasteiger partial charge is 0.223 e. The Morgan fingerprint density at radius 1 is 1.42 bits per heavy atom. The third-order valence-corrected chi connectivity index (χ3v) is 5.62. The highest BCUT2D eigenvalue weighted by Crippen LogP contribution is 2.49. The second-order valence-corrected chi connectivity index (χ2v) is 8.03. The van der Waals surface area contributed by atoms with Gasteiger partial charge < -0.3 is 15.0 Å². The number of amides is 2. The minimum Gasteiger partial charge on any atom is -0.369 e. The van der Waals surface area contributed by atoms with Crippen LogP contribution < -0.4 is 5.32 Å². The van der Waals surface area contributed by atoms with Gasteiger partial charge in [-0.3, -0.25) is 14.6 Å². The van der Waals surface area contributed by atoms with Crippen molar-refractivity contribution in [2.24, 2.45) is 0 Å². The summed E-state index contributed by atoms with van der Waals surface area (Å²) in [6.07, 6.45) is 7.38. The first-order valence-electron chi connectivity index (χ1n) is 9.44. The number of hydrogen-bond donors (Lipinski definition) is 1. The van der Waals surface area contributed by atoms with Crippen molar-refractivity contribution in [2.45, 2.75) is 69.6 Å². The fourth-order valence-electron chi connectivity index (χ4n) is 4.61. The van der Waals surface area contributed by atoms with Crippen LogP contribution in [-0.2, 0) is 20.7 Å². The van der Waals surface area contributed by atoms with Gasteiger partial charge in [-0.2, -0.15) is 0 Å². The van der Waals surface area contributed by atoms with Gasteiger partial charge in [-0.1, -0.05) is 6.07 Å². The molecule has 1 spiro atoms. The molecule has 2 amide bonds. The molecule has 0 bridgehead atoms. The lowest BCUT2D eigenvalue weighted by molar-refractivity contribution is -0.140. The number of hydrogen-bond acceptors (Lipinski definition) is 4. The highest BCUT2D eigenvalue weighted by atomic mass is 16.5. The van der Waals surface area contributed by atoms with Crippen molar-refractivity contribution in [3.8, 4) is 0 Å². The first-order chi connectivity index (χ1) is 12.4. The van der Waals surface area contributed by atoms with Gasteiger partial charge in [-0.15, -0.1) is 0 Å². The fourth-order valence-corrected chi connectivity index (χ4v) is 4.61. The topological polar surface area (TPSA) is 71.5 Å². The minimum atomic E-state index is -0.359. The van der Waals surface area contributed by atoms with E-state index in [0.717, 1.165) is 31.4 Å². The van der Waals surface area contributed by atoms with Crippen LogP contribution in [0.3, 0.4) is 0 Å². The Kier molecular flexibility index (Phi) is 5.32. The van der Waals surface area contributed by atoms with Gasteiger partial charge in [-0.25, -0.2) is 0 Å². The first-order valence-corrected chi connectivity index (χ1v) is 9.44. The molecule has 142 valence electrons. The van der Waals surface area contributed by atoms with Gasteiger partial charge in [0.1, 0.15) is 0 Å². The van der Waals surface area contributed by atoms with Crippen molar-refractivity contribution in [2.75, 3.05) is 13.6 Å². The van der Waals surface area contributed by atoms with E-state index >= 15 is 0 Å². The van der Waals surface area contributed by atoms with E-state index in [-0.39, 0.29) is 29.1 Å². The van der Waals surface area contributed by atoms with Gasteiger partial charge in [0.2, 0.25) is 11.8 Å². The number of nitrogens with zero attached hydrogens (tertiary/aromatic N) is 2. The summed E-state index contributed by atoms with van der Waals surface area (Å²) < 4.78 is 6.24. The first kappa shape index (κ1) is 18.8. The van der Waals surface area contributed by atoms with Crippen molar-refractivity contribution < 1.29 is 14.3 Å². The highest BCUT2D eigenvalue weighted by Gasteiger charge is 2.58. The zero-order valence-electron chi connectivity index (χ0n) is 16.0. The zero-order valence-corrected chi connectivity index (χ0v) is 16.0. The summed E-state index contributed by atoms with van der Waals surface area (Å²) in [5.41, 5.74) is 0.381. The lowest BCUT2D eigenvalue weighted by atomic mass is 9.82. The molecule has 3 rings (SSSR count). The van der Waals surface area contributed by atoms with Crippen molar-refractivity contribution in [1.29, 1.82) is 0 Å². The average molecular weight is 359 g/mol. The highest BCUT2D eigenvalue weighted by molar-refractivity contribution is 5.79. The van der Waals surface area contributed by atoms with E-state index in [1.807, 2.05) is 23.2 Å². The Labute approximate surface area is 155 Å². The van der Waals surface area contributed by atoms with Crippen LogP contribution in [0.15, 0.2) is 24.5 Å². The Morgan fingerprint density at radius 2 is 2.23 bits per heavy atom. The van der Waals surface area contributed by atoms with Crippen LogP contribution in [0.25, 0.3) is 0 Å². The van der Waals surface area contributed by atoms with Crippen molar-refractivity contribution in [3.63, 3.8) is 0 Å². The number of rotatable bonds is 5. The third kappa shape index (κ3) is 3.75. The Balaban J connectivity index is 1.75. The molecule has 2 aliphatic rings. The van der Waals surface area contributed by atoms with Gasteiger partial charge in [0.05, 0.1) is 23.7 Å². The lowest BCUT2D eigenvalue weighted by Crippen LogP contribution is -2.53. The quantitative estimate of drug-likeness (QED) is 0.874. The van der Waals surface area contributed by atoms with Crippen molar-refractivity contribution >= 4 is 11.8 Å². The lowest BCUT2D eigenvalue weighted by Gasteiger charge is -2.39. The molecule has 0 saturated carbocycles. The maximum absolute atomic E-state index is 13.0. The maximum atomic E-state index is 13.0. The van der Waals surface area contributed by atoms with Gasteiger partial charge in [0.15, 0.2) is 0 Å². The number of nitrogens with one attached hydrogen (secondary N) is 1. The number of pyridine rings is 1. The summed E-state index contributed by atoms with van der Waals surface area (Å²) in [5, 5.41) is 2.69. The maximum Gasteiger partial charge on any atom is 0.223 e. The van der Waals surface area contributed by atoms with E-state index in [1.165, 1.54) is 0 Å². The molecule has 0 unspecified atom stereocenters. The fraction of sp³-hybridized carbons (Fsp3) is 0.650. The Morgan fingerprint density at radius 3 is 2.92 bits per heavy atom. The van der Waals surface area contributed by atoms with Crippen molar-refractivity contribution in [1.82, 2.24) is 15.2 Å². The van der Waals surface area contributed by atoms with Crippen LogP contribution in [0.5, 0.6) is 0 Å². The summed E-state index contributed by atoms with van der Waals surface area (Å²) in [6, 6.07) is 3.89.